The topological polar surface area (TPSA) is 24.1 Å². The van der Waals surface area contributed by atoms with Crippen molar-refractivity contribution in [2.75, 3.05) is 13.1 Å². The Hall–Kier alpha value is -0.860. The molecule has 2 heteroatoms. The Morgan fingerprint density at radius 2 is 2.06 bits per heavy atom. The van der Waals surface area contributed by atoms with Crippen LogP contribution in [0.3, 0.4) is 0 Å². The summed E-state index contributed by atoms with van der Waals surface area (Å²) in [5.74, 6) is 0. The molecule has 2 unspecified atom stereocenters. The molecule has 1 aromatic rings. The van der Waals surface area contributed by atoms with Crippen LogP contribution < -0.4 is 10.6 Å². The molecule has 1 aliphatic carbocycles. The van der Waals surface area contributed by atoms with Crippen molar-refractivity contribution in [2.24, 2.45) is 0 Å². The van der Waals surface area contributed by atoms with Gasteiger partial charge in [0.15, 0.2) is 0 Å². The Morgan fingerprint density at radius 1 is 1.12 bits per heavy atom. The third-order valence-electron chi connectivity index (χ3n) is 4.10. The second-order valence-electron chi connectivity index (χ2n) is 5.35. The molecule has 0 radical (unpaired) electrons. The summed E-state index contributed by atoms with van der Waals surface area (Å²) in [7, 11) is 0. The van der Waals surface area contributed by atoms with Crippen molar-refractivity contribution >= 4 is 0 Å². The zero-order chi connectivity index (χ0) is 11.5. The minimum absolute atomic E-state index is 0.588. The van der Waals surface area contributed by atoms with E-state index in [1.807, 2.05) is 0 Å². The van der Waals surface area contributed by atoms with Crippen molar-refractivity contribution < 1.29 is 0 Å². The SMILES string of the molecule is c1ccc2c(c1)CCCC2NC1CCCNC1. The summed E-state index contributed by atoms with van der Waals surface area (Å²) >= 11 is 0. The van der Waals surface area contributed by atoms with Gasteiger partial charge in [-0.15, -0.1) is 0 Å². The number of rotatable bonds is 2. The van der Waals surface area contributed by atoms with E-state index in [4.69, 9.17) is 0 Å². The van der Waals surface area contributed by atoms with Crippen LogP contribution in [-0.4, -0.2) is 19.1 Å². The second kappa shape index (κ2) is 5.19. The molecule has 17 heavy (non-hydrogen) atoms. The molecular weight excluding hydrogens is 208 g/mol. The summed E-state index contributed by atoms with van der Waals surface area (Å²) in [5, 5.41) is 7.34. The number of hydrogen-bond donors (Lipinski definition) is 2. The first-order valence-electron chi connectivity index (χ1n) is 6.98. The fourth-order valence-corrected chi connectivity index (χ4v) is 3.21. The molecule has 1 heterocycles. The maximum Gasteiger partial charge on any atom is 0.0326 e. The molecule has 1 aromatic carbocycles. The van der Waals surface area contributed by atoms with Crippen LogP contribution in [0.25, 0.3) is 0 Å². The largest absolute Gasteiger partial charge is 0.315 e. The van der Waals surface area contributed by atoms with Gasteiger partial charge in [-0.2, -0.15) is 0 Å². The maximum atomic E-state index is 3.85. The Balaban J connectivity index is 1.71. The van der Waals surface area contributed by atoms with E-state index in [1.165, 1.54) is 38.6 Å². The molecular formula is C15H22N2. The normalized spacial score (nSPS) is 28.7. The highest BCUT2D eigenvalue weighted by atomic mass is 15.0. The lowest BCUT2D eigenvalue weighted by molar-refractivity contribution is 0.333. The number of benzene rings is 1. The van der Waals surface area contributed by atoms with Gasteiger partial charge in [-0.1, -0.05) is 24.3 Å². The lowest BCUT2D eigenvalue weighted by Gasteiger charge is -2.32. The van der Waals surface area contributed by atoms with Crippen LogP contribution >= 0.6 is 0 Å². The van der Waals surface area contributed by atoms with Crippen LogP contribution in [0.1, 0.15) is 42.9 Å². The predicted molar refractivity (Wildman–Crippen MR) is 71.1 cm³/mol. The fourth-order valence-electron chi connectivity index (χ4n) is 3.21. The predicted octanol–water partition coefficient (Wildman–Crippen LogP) is 2.41. The molecule has 0 bridgehead atoms. The standard InChI is InChI=1S/C15H22N2/c1-2-8-14-12(5-1)6-3-9-15(14)17-13-7-4-10-16-11-13/h1-2,5,8,13,15-17H,3-4,6-7,9-11H2. The van der Waals surface area contributed by atoms with E-state index in [0.717, 1.165) is 6.54 Å². The minimum Gasteiger partial charge on any atom is -0.315 e. The number of nitrogens with one attached hydrogen (secondary N) is 2. The van der Waals surface area contributed by atoms with Crippen molar-refractivity contribution in [3.63, 3.8) is 0 Å². The van der Waals surface area contributed by atoms with E-state index in [2.05, 4.69) is 34.9 Å². The monoisotopic (exact) mass is 230 g/mol. The zero-order valence-corrected chi connectivity index (χ0v) is 10.4. The summed E-state index contributed by atoms with van der Waals surface area (Å²) in [6, 6.07) is 10.2. The maximum absolute atomic E-state index is 3.85. The van der Waals surface area contributed by atoms with Gasteiger partial charge in [0.1, 0.15) is 0 Å². The van der Waals surface area contributed by atoms with E-state index in [9.17, 15) is 0 Å². The van der Waals surface area contributed by atoms with Crippen LogP contribution in [0.2, 0.25) is 0 Å². The van der Waals surface area contributed by atoms with Gasteiger partial charge in [0.25, 0.3) is 0 Å². The number of hydrogen-bond acceptors (Lipinski definition) is 2. The highest BCUT2D eigenvalue weighted by Crippen LogP contribution is 2.30. The molecule has 2 N–H and O–H groups in total. The molecule has 0 saturated carbocycles. The van der Waals surface area contributed by atoms with E-state index < -0.39 is 0 Å². The quantitative estimate of drug-likeness (QED) is 0.815. The average molecular weight is 230 g/mol. The fraction of sp³-hybridized carbons (Fsp3) is 0.600. The molecule has 2 nitrogen and oxygen atoms in total. The van der Waals surface area contributed by atoms with Gasteiger partial charge in [-0.3, -0.25) is 0 Å². The molecule has 1 saturated heterocycles. The average Bonchev–Trinajstić information content (AvgIpc) is 2.40. The van der Waals surface area contributed by atoms with Gasteiger partial charge in [0.2, 0.25) is 0 Å². The molecule has 92 valence electrons. The smallest absolute Gasteiger partial charge is 0.0326 e. The second-order valence-corrected chi connectivity index (χ2v) is 5.35. The molecule has 1 aliphatic heterocycles. The van der Waals surface area contributed by atoms with Crippen molar-refractivity contribution in [2.45, 2.75) is 44.2 Å². The van der Waals surface area contributed by atoms with Gasteiger partial charge in [0, 0.05) is 18.6 Å². The summed E-state index contributed by atoms with van der Waals surface area (Å²) in [4.78, 5) is 0. The highest BCUT2D eigenvalue weighted by molar-refractivity contribution is 5.32. The Bertz CT molecular complexity index is 369. The van der Waals surface area contributed by atoms with Gasteiger partial charge >= 0.3 is 0 Å². The van der Waals surface area contributed by atoms with Gasteiger partial charge in [-0.25, -0.2) is 0 Å². The minimum atomic E-state index is 0.588. The van der Waals surface area contributed by atoms with Crippen molar-refractivity contribution in [3.8, 4) is 0 Å². The van der Waals surface area contributed by atoms with Crippen LogP contribution in [-0.2, 0) is 6.42 Å². The van der Waals surface area contributed by atoms with E-state index in [1.54, 1.807) is 11.1 Å². The molecule has 2 aliphatic rings. The molecule has 3 rings (SSSR count). The highest BCUT2D eigenvalue weighted by Gasteiger charge is 2.23. The van der Waals surface area contributed by atoms with Crippen molar-refractivity contribution in [3.05, 3.63) is 35.4 Å². The number of piperidine rings is 1. The van der Waals surface area contributed by atoms with Gasteiger partial charge < -0.3 is 10.6 Å². The molecule has 0 spiro atoms. The number of fused-ring (bicyclic) bond motifs is 1. The van der Waals surface area contributed by atoms with Crippen LogP contribution in [0.5, 0.6) is 0 Å². The third-order valence-corrected chi connectivity index (χ3v) is 4.10. The first kappa shape index (κ1) is 11.2. The lowest BCUT2D eigenvalue weighted by Crippen LogP contribution is -2.45. The van der Waals surface area contributed by atoms with Gasteiger partial charge in [-0.05, 0) is 49.8 Å². The Kier molecular flexibility index (Phi) is 3.44. The molecule has 0 aromatic heterocycles. The summed E-state index contributed by atoms with van der Waals surface area (Å²) in [6.07, 6.45) is 6.53. The van der Waals surface area contributed by atoms with E-state index in [0.29, 0.717) is 12.1 Å². The molecule has 2 atom stereocenters. The Labute approximate surface area is 104 Å². The molecule has 0 amide bonds. The summed E-state index contributed by atoms with van der Waals surface area (Å²) in [6.45, 7) is 2.33. The third kappa shape index (κ3) is 2.53. The van der Waals surface area contributed by atoms with E-state index in [-0.39, 0.29) is 0 Å². The lowest BCUT2D eigenvalue weighted by atomic mass is 9.87. The van der Waals surface area contributed by atoms with Crippen LogP contribution in [0, 0.1) is 0 Å². The van der Waals surface area contributed by atoms with E-state index >= 15 is 0 Å². The first-order chi connectivity index (χ1) is 8.43. The van der Waals surface area contributed by atoms with Gasteiger partial charge in [0.05, 0.1) is 0 Å². The number of aryl methyl sites for hydroxylation is 1. The summed E-state index contributed by atoms with van der Waals surface area (Å²) in [5.41, 5.74) is 3.10. The summed E-state index contributed by atoms with van der Waals surface area (Å²) < 4.78 is 0. The van der Waals surface area contributed by atoms with Crippen molar-refractivity contribution in [1.29, 1.82) is 0 Å². The molecule has 1 fully saturated rings. The van der Waals surface area contributed by atoms with Crippen LogP contribution in [0.4, 0.5) is 0 Å². The Morgan fingerprint density at radius 3 is 2.94 bits per heavy atom. The van der Waals surface area contributed by atoms with Crippen molar-refractivity contribution in [1.82, 2.24) is 10.6 Å². The first-order valence-corrected chi connectivity index (χ1v) is 6.98. The van der Waals surface area contributed by atoms with Crippen LogP contribution in [0.15, 0.2) is 24.3 Å². The zero-order valence-electron chi connectivity index (χ0n) is 10.4.